The number of carbonyl (C=O) groups is 1. The molecular weight excluding hydrogens is 378 g/mol. The number of carbonyl (C=O) groups excluding carboxylic acids is 1. The normalized spacial score (nSPS) is 13.7. The Morgan fingerprint density at radius 2 is 1.67 bits per heavy atom. The third-order valence-electron chi connectivity index (χ3n) is 4.88. The summed E-state index contributed by atoms with van der Waals surface area (Å²) in [7, 11) is 0. The first kappa shape index (κ1) is 19.9. The van der Waals surface area contributed by atoms with Gasteiger partial charge in [0.2, 0.25) is 11.8 Å². The number of likely N-dealkylation sites (tertiary alicyclic amines) is 1. The predicted octanol–water partition coefficient (Wildman–Crippen LogP) is 4.49. The molecule has 0 bridgehead atoms. The summed E-state index contributed by atoms with van der Waals surface area (Å²) < 4.78 is 11.6. The van der Waals surface area contributed by atoms with Crippen LogP contribution in [0.3, 0.4) is 0 Å². The number of aromatic nitrogens is 1. The molecule has 4 rings (SSSR count). The first-order valence-corrected chi connectivity index (χ1v) is 10.2. The SMILES string of the molecule is O=C(CN1CCCC1)Nc1ccc(Oc2ccc(OCc3ccccc3)cc2)nc1. The topological polar surface area (TPSA) is 63.7 Å². The molecule has 0 unspecified atom stereocenters. The van der Waals surface area contributed by atoms with E-state index in [2.05, 4.69) is 15.2 Å². The average Bonchev–Trinajstić information content (AvgIpc) is 3.28. The van der Waals surface area contributed by atoms with Crippen LogP contribution in [0.5, 0.6) is 17.4 Å². The number of hydrogen-bond acceptors (Lipinski definition) is 5. The molecular formula is C24H25N3O3. The number of nitrogens with one attached hydrogen (secondary N) is 1. The monoisotopic (exact) mass is 403 g/mol. The van der Waals surface area contributed by atoms with Crippen LogP contribution in [0.25, 0.3) is 0 Å². The molecule has 1 saturated heterocycles. The van der Waals surface area contributed by atoms with Crippen molar-refractivity contribution < 1.29 is 14.3 Å². The number of benzene rings is 2. The number of ether oxygens (including phenoxy) is 2. The van der Waals surface area contributed by atoms with Gasteiger partial charge in [-0.05, 0) is 61.8 Å². The molecule has 3 aromatic rings. The van der Waals surface area contributed by atoms with Gasteiger partial charge in [0, 0.05) is 6.07 Å². The van der Waals surface area contributed by atoms with Crippen LogP contribution in [-0.4, -0.2) is 35.4 Å². The summed E-state index contributed by atoms with van der Waals surface area (Å²) in [5.41, 5.74) is 1.78. The van der Waals surface area contributed by atoms with Crippen LogP contribution in [-0.2, 0) is 11.4 Å². The van der Waals surface area contributed by atoms with Gasteiger partial charge in [-0.15, -0.1) is 0 Å². The molecule has 2 heterocycles. The van der Waals surface area contributed by atoms with Crippen LogP contribution in [0.15, 0.2) is 72.9 Å². The average molecular weight is 403 g/mol. The first-order chi connectivity index (χ1) is 14.7. The van der Waals surface area contributed by atoms with Gasteiger partial charge in [-0.3, -0.25) is 9.69 Å². The van der Waals surface area contributed by atoms with Crippen LogP contribution < -0.4 is 14.8 Å². The summed E-state index contributed by atoms with van der Waals surface area (Å²) in [6, 6.07) is 21.0. The van der Waals surface area contributed by atoms with Crippen LogP contribution in [0.2, 0.25) is 0 Å². The van der Waals surface area contributed by atoms with E-state index >= 15 is 0 Å². The second-order valence-electron chi connectivity index (χ2n) is 7.26. The summed E-state index contributed by atoms with van der Waals surface area (Å²) in [6.07, 6.45) is 3.94. The Morgan fingerprint density at radius 1 is 0.933 bits per heavy atom. The van der Waals surface area contributed by atoms with E-state index < -0.39 is 0 Å². The molecule has 1 fully saturated rings. The van der Waals surface area contributed by atoms with E-state index in [4.69, 9.17) is 9.47 Å². The third kappa shape index (κ3) is 5.81. The Morgan fingerprint density at radius 3 is 2.37 bits per heavy atom. The van der Waals surface area contributed by atoms with Gasteiger partial charge < -0.3 is 14.8 Å². The number of hydrogen-bond donors (Lipinski definition) is 1. The van der Waals surface area contributed by atoms with Crippen molar-refractivity contribution in [2.24, 2.45) is 0 Å². The Bertz CT molecular complexity index is 938. The lowest BCUT2D eigenvalue weighted by Crippen LogP contribution is -2.30. The molecule has 30 heavy (non-hydrogen) atoms. The highest BCUT2D eigenvalue weighted by molar-refractivity contribution is 5.92. The molecule has 1 N–H and O–H groups in total. The van der Waals surface area contributed by atoms with E-state index in [-0.39, 0.29) is 5.91 Å². The van der Waals surface area contributed by atoms with Crippen molar-refractivity contribution in [3.8, 4) is 17.4 Å². The second kappa shape index (κ2) is 9.89. The highest BCUT2D eigenvalue weighted by Crippen LogP contribution is 2.23. The Labute approximate surface area is 176 Å². The van der Waals surface area contributed by atoms with E-state index in [0.717, 1.165) is 24.4 Å². The lowest BCUT2D eigenvalue weighted by atomic mass is 10.2. The molecule has 0 radical (unpaired) electrons. The number of amides is 1. The maximum atomic E-state index is 12.1. The fourth-order valence-corrected chi connectivity index (χ4v) is 3.32. The zero-order valence-corrected chi connectivity index (χ0v) is 16.8. The number of rotatable bonds is 8. The zero-order chi connectivity index (χ0) is 20.6. The van der Waals surface area contributed by atoms with E-state index in [1.54, 1.807) is 18.3 Å². The first-order valence-electron chi connectivity index (χ1n) is 10.2. The van der Waals surface area contributed by atoms with Crippen molar-refractivity contribution in [2.45, 2.75) is 19.4 Å². The third-order valence-corrected chi connectivity index (χ3v) is 4.88. The summed E-state index contributed by atoms with van der Waals surface area (Å²) in [5.74, 6) is 1.89. The summed E-state index contributed by atoms with van der Waals surface area (Å²) in [4.78, 5) is 18.5. The van der Waals surface area contributed by atoms with E-state index in [1.165, 1.54) is 12.8 Å². The second-order valence-corrected chi connectivity index (χ2v) is 7.26. The molecule has 6 nitrogen and oxygen atoms in total. The maximum absolute atomic E-state index is 12.1. The molecule has 1 aliphatic rings. The van der Waals surface area contributed by atoms with Crippen molar-refractivity contribution in [2.75, 3.05) is 25.0 Å². The highest BCUT2D eigenvalue weighted by Gasteiger charge is 2.15. The lowest BCUT2D eigenvalue weighted by Gasteiger charge is -2.14. The molecule has 2 aromatic carbocycles. The van der Waals surface area contributed by atoms with Gasteiger partial charge >= 0.3 is 0 Å². The Hall–Kier alpha value is -3.38. The molecule has 154 valence electrons. The minimum absolute atomic E-state index is 0.0153. The molecule has 0 aliphatic carbocycles. The minimum atomic E-state index is -0.0153. The number of nitrogens with zero attached hydrogens (tertiary/aromatic N) is 2. The van der Waals surface area contributed by atoms with Gasteiger partial charge in [0.1, 0.15) is 18.1 Å². The van der Waals surface area contributed by atoms with Crippen molar-refractivity contribution in [1.29, 1.82) is 0 Å². The highest BCUT2D eigenvalue weighted by atomic mass is 16.5. The molecule has 1 aliphatic heterocycles. The van der Waals surface area contributed by atoms with Crippen molar-refractivity contribution >= 4 is 11.6 Å². The standard InChI is InChI=1S/C24H25N3O3/c28-23(17-27-14-4-5-15-27)26-20-8-13-24(25-16-20)30-22-11-9-21(10-12-22)29-18-19-6-2-1-3-7-19/h1-3,6-13,16H,4-5,14-15,17-18H2,(H,26,28). The summed E-state index contributed by atoms with van der Waals surface area (Å²) >= 11 is 0. The largest absolute Gasteiger partial charge is 0.489 e. The Kier molecular flexibility index (Phi) is 6.57. The molecule has 0 atom stereocenters. The zero-order valence-electron chi connectivity index (χ0n) is 16.8. The molecule has 6 heteroatoms. The van der Waals surface area contributed by atoms with Gasteiger partial charge in [-0.25, -0.2) is 4.98 Å². The fourth-order valence-electron chi connectivity index (χ4n) is 3.32. The van der Waals surface area contributed by atoms with Crippen LogP contribution in [0, 0.1) is 0 Å². The fraction of sp³-hybridized carbons (Fsp3) is 0.250. The van der Waals surface area contributed by atoms with E-state index in [1.807, 2.05) is 54.6 Å². The number of pyridine rings is 1. The van der Waals surface area contributed by atoms with Gasteiger partial charge in [-0.2, -0.15) is 0 Å². The predicted molar refractivity (Wildman–Crippen MR) is 116 cm³/mol. The van der Waals surface area contributed by atoms with Crippen molar-refractivity contribution in [3.63, 3.8) is 0 Å². The van der Waals surface area contributed by atoms with Crippen LogP contribution in [0.1, 0.15) is 18.4 Å². The van der Waals surface area contributed by atoms with Crippen molar-refractivity contribution in [3.05, 3.63) is 78.5 Å². The molecule has 1 aromatic heterocycles. The van der Waals surface area contributed by atoms with Crippen molar-refractivity contribution in [1.82, 2.24) is 9.88 Å². The van der Waals surface area contributed by atoms with Crippen LogP contribution >= 0.6 is 0 Å². The lowest BCUT2D eigenvalue weighted by molar-refractivity contribution is -0.117. The number of anilines is 1. The molecule has 0 saturated carbocycles. The maximum Gasteiger partial charge on any atom is 0.238 e. The summed E-state index contributed by atoms with van der Waals surface area (Å²) in [6.45, 7) is 2.94. The van der Waals surface area contributed by atoms with Gasteiger partial charge in [0.05, 0.1) is 18.4 Å². The quantitative estimate of drug-likeness (QED) is 0.601. The molecule has 1 amide bonds. The summed E-state index contributed by atoms with van der Waals surface area (Å²) in [5, 5.41) is 2.88. The van der Waals surface area contributed by atoms with Gasteiger partial charge in [0.15, 0.2) is 0 Å². The van der Waals surface area contributed by atoms with Crippen LogP contribution in [0.4, 0.5) is 5.69 Å². The van der Waals surface area contributed by atoms with E-state index in [0.29, 0.717) is 30.5 Å². The van der Waals surface area contributed by atoms with E-state index in [9.17, 15) is 4.79 Å². The Balaban J connectivity index is 1.26. The van der Waals surface area contributed by atoms with Gasteiger partial charge in [0.25, 0.3) is 0 Å². The van der Waals surface area contributed by atoms with Gasteiger partial charge in [-0.1, -0.05) is 30.3 Å². The smallest absolute Gasteiger partial charge is 0.238 e. The minimum Gasteiger partial charge on any atom is -0.489 e. The molecule has 0 spiro atoms.